The Morgan fingerprint density at radius 1 is 1.07 bits per heavy atom. The molecule has 0 aromatic heterocycles. The maximum atomic E-state index is 13.7. The van der Waals surface area contributed by atoms with Gasteiger partial charge in [-0.3, -0.25) is 4.79 Å². The van der Waals surface area contributed by atoms with Gasteiger partial charge in [-0.25, -0.2) is 9.18 Å². The molecule has 27 heavy (non-hydrogen) atoms. The second-order valence-corrected chi connectivity index (χ2v) is 7.30. The molecule has 0 saturated heterocycles. The zero-order chi connectivity index (χ0) is 20.0. The zero-order valence-corrected chi connectivity index (χ0v) is 16.1. The number of hydrogen-bond acceptors (Lipinski definition) is 3. The Bertz CT molecular complexity index is 798. The molecule has 0 bridgehead atoms. The molecule has 2 aromatic rings. The summed E-state index contributed by atoms with van der Waals surface area (Å²) in [5.41, 5.74) is 1.25. The highest BCUT2D eigenvalue weighted by Crippen LogP contribution is 2.13. The predicted octanol–water partition coefficient (Wildman–Crippen LogP) is 4.12. The summed E-state index contributed by atoms with van der Waals surface area (Å²) in [6.45, 7) is 5.88. The van der Waals surface area contributed by atoms with E-state index in [1.807, 2.05) is 0 Å². The van der Waals surface area contributed by atoms with Crippen LogP contribution in [0.4, 0.5) is 9.18 Å². The van der Waals surface area contributed by atoms with Gasteiger partial charge in [0.15, 0.2) is 0 Å². The SMILES string of the molecule is CN(Cc1ccccc1F)C(=O)c1ccc(CNC(=O)OC(C)(C)C)cc1. The summed E-state index contributed by atoms with van der Waals surface area (Å²) in [6, 6.07) is 13.3. The minimum Gasteiger partial charge on any atom is -0.444 e. The number of nitrogens with zero attached hydrogens (tertiary/aromatic N) is 1. The van der Waals surface area contributed by atoms with Crippen LogP contribution in [-0.2, 0) is 17.8 Å². The summed E-state index contributed by atoms with van der Waals surface area (Å²) in [7, 11) is 1.63. The molecule has 0 aliphatic rings. The minimum absolute atomic E-state index is 0.188. The first kappa shape index (κ1) is 20.4. The maximum absolute atomic E-state index is 13.7. The van der Waals surface area contributed by atoms with Crippen LogP contribution >= 0.6 is 0 Å². The number of benzene rings is 2. The number of carbonyl (C=O) groups excluding carboxylic acids is 2. The monoisotopic (exact) mass is 372 g/mol. The normalized spacial score (nSPS) is 11.0. The topological polar surface area (TPSA) is 58.6 Å². The van der Waals surface area contributed by atoms with Crippen molar-refractivity contribution < 1.29 is 18.7 Å². The lowest BCUT2D eigenvalue weighted by Gasteiger charge is -2.20. The second-order valence-electron chi connectivity index (χ2n) is 7.30. The molecule has 0 saturated carbocycles. The Morgan fingerprint density at radius 3 is 2.30 bits per heavy atom. The summed E-state index contributed by atoms with van der Waals surface area (Å²) in [5.74, 6) is -0.536. The van der Waals surface area contributed by atoms with Crippen molar-refractivity contribution in [2.75, 3.05) is 7.05 Å². The van der Waals surface area contributed by atoms with Crippen molar-refractivity contribution in [2.24, 2.45) is 0 Å². The van der Waals surface area contributed by atoms with Crippen LogP contribution in [0.25, 0.3) is 0 Å². The fourth-order valence-corrected chi connectivity index (χ4v) is 2.43. The van der Waals surface area contributed by atoms with Crippen LogP contribution in [0.2, 0.25) is 0 Å². The van der Waals surface area contributed by atoms with Gasteiger partial charge < -0.3 is 15.0 Å². The van der Waals surface area contributed by atoms with E-state index >= 15 is 0 Å². The first-order valence-electron chi connectivity index (χ1n) is 8.70. The van der Waals surface area contributed by atoms with E-state index in [2.05, 4.69) is 5.32 Å². The summed E-state index contributed by atoms with van der Waals surface area (Å²) in [4.78, 5) is 25.6. The highest BCUT2D eigenvalue weighted by molar-refractivity contribution is 5.94. The van der Waals surface area contributed by atoms with Gasteiger partial charge in [0.1, 0.15) is 11.4 Å². The third kappa shape index (κ3) is 6.40. The molecule has 0 radical (unpaired) electrons. The Kier molecular flexibility index (Phi) is 6.55. The molecule has 0 unspecified atom stereocenters. The number of amides is 2. The number of nitrogens with one attached hydrogen (secondary N) is 1. The fourth-order valence-electron chi connectivity index (χ4n) is 2.43. The van der Waals surface area contributed by atoms with Gasteiger partial charge >= 0.3 is 6.09 Å². The van der Waals surface area contributed by atoms with Crippen LogP contribution in [0.15, 0.2) is 48.5 Å². The zero-order valence-electron chi connectivity index (χ0n) is 16.1. The van der Waals surface area contributed by atoms with E-state index in [0.29, 0.717) is 17.7 Å². The van der Waals surface area contributed by atoms with E-state index in [4.69, 9.17) is 4.74 Å². The molecule has 144 valence electrons. The third-order valence-electron chi connectivity index (χ3n) is 3.75. The highest BCUT2D eigenvalue weighted by Gasteiger charge is 2.16. The van der Waals surface area contributed by atoms with Crippen LogP contribution in [0.3, 0.4) is 0 Å². The Morgan fingerprint density at radius 2 is 1.70 bits per heavy atom. The largest absolute Gasteiger partial charge is 0.444 e. The highest BCUT2D eigenvalue weighted by atomic mass is 19.1. The lowest BCUT2D eigenvalue weighted by Crippen LogP contribution is -2.32. The smallest absolute Gasteiger partial charge is 0.407 e. The van der Waals surface area contributed by atoms with Crippen LogP contribution < -0.4 is 5.32 Å². The molecule has 0 atom stereocenters. The molecule has 2 rings (SSSR count). The Labute approximate surface area is 159 Å². The van der Waals surface area contributed by atoms with E-state index in [1.54, 1.807) is 70.3 Å². The van der Waals surface area contributed by atoms with Crippen molar-refractivity contribution in [3.63, 3.8) is 0 Å². The second kappa shape index (κ2) is 8.66. The molecular weight excluding hydrogens is 347 g/mol. The molecule has 2 amide bonds. The predicted molar refractivity (Wildman–Crippen MR) is 102 cm³/mol. The van der Waals surface area contributed by atoms with Gasteiger partial charge in [0.2, 0.25) is 0 Å². The lowest BCUT2D eigenvalue weighted by atomic mass is 10.1. The van der Waals surface area contributed by atoms with Crippen LogP contribution in [0, 0.1) is 5.82 Å². The summed E-state index contributed by atoms with van der Waals surface area (Å²) >= 11 is 0. The maximum Gasteiger partial charge on any atom is 0.407 e. The molecule has 0 heterocycles. The number of alkyl carbamates (subject to hydrolysis) is 1. The van der Waals surface area contributed by atoms with Gasteiger partial charge in [-0.2, -0.15) is 0 Å². The molecular formula is C21H25FN2O3. The van der Waals surface area contributed by atoms with E-state index in [9.17, 15) is 14.0 Å². The number of ether oxygens (including phenoxy) is 1. The van der Waals surface area contributed by atoms with E-state index in [-0.39, 0.29) is 18.3 Å². The van der Waals surface area contributed by atoms with Gasteiger partial charge in [-0.05, 0) is 44.5 Å². The molecule has 2 aromatic carbocycles. The van der Waals surface area contributed by atoms with E-state index in [1.165, 1.54) is 11.0 Å². The number of rotatable bonds is 5. The van der Waals surface area contributed by atoms with Crippen molar-refractivity contribution in [3.8, 4) is 0 Å². The number of hydrogen-bond donors (Lipinski definition) is 1. The first-order valence-corrected chi connectivity index (χ1v) is 8.70. The molecule has 5 nitrogen and oxygen atoms in total. The average molecular weight is 372 g/mol. The standard InChI is InChI=1S/C21H25FN2O3/c1-21(2,3)27-20(26)23-13-15-9-11-16(12-10-15)19(25)24(4)14-17-7-5-6-8-18(17)22/h5-12H,13-14H2,1-4H3,(H,23,26). The van der Waals surface area contributed by atoms with Gasteiger partial charge in [0.25, 0.3) is 5.91 Å². The summed E-state index contributed by atoms with van der Waals surface area (Å²) < 4.78 is 18.9. The third-order valence-corrected chi connectivity index (χ3v) is 3.75. The van der Waals surface area contributed by atoms with Crippen molar-refractivity contribution in [1.82, 2.24) is 10.2 Å². The van der Waals surface area contributed by atoms with Gasteiger partial charge in [0.05, 0.1) is 0 Å². The molecule has 0 fully saturated rings. The van der Waals surface area contributed by atoms with Crippen LogP contribution in [-0.4, -0.2) is 29.5 Å². The van der Waals surface area contributed by atoms with Crippen LogP contribution in [0.5, 0.6) is 0 Å². The van der Waals surface area contributed by atoms with Gasteiger partial charge in [-0.15, -0.1) is 0 Å². The van der Waals surface area contributed by atoms with Gasteiger partial charge in [0, 0.05) is 31.3 Å². The Balaban J connectivity index is 1.93. The van der Waals surface area contributed by atoms with E-state index < -0.39 is 11.7 Å². The molecule has 0 spiro atoms. The average Bonchev–Trinajstić information content (AvgIpc) is 2.60. The first-order chi connectivity index (χ1) is 12.7. The summed E-state index contributed by atoms with van der Waals surface area (Å²) in [6.07, 6.45) is -0.493. The van der Waals surface area contributed by atoms with E-state index in [0.717, 1.165) is 5.56 Å². The lowest BCUT2D eigenvalue weighted by molar-refractivity contribution is 0.0523. The number of carbonyl (C=O) groups is 2. The minimum atomic E-state index is -0.552. The van der Waals surface area contributed by atoms with Crippen molar-refractivity contribution in [3.05, 3.63) is 71.0 Å². The number of halogens is 1. The fraction of sp³-hybridized carbons (Fsp3) is 0.333. The molecule has 1 N–H and O–H groups in total. The Hall–Kier alpha value is -2.89. The van der Waals surface area contributed by atoms with Crippen molar-refractivity contribution >= 4 is 12.0 Å². The molecule has 0 aliphatic carbocycles. The van der Waals surface area contributed by atoms with Gasteiger partial charge in [-0.1, -0.05) is 30.3 Å². The van der Waals surface area contributed by atoms with Crippen LogP contribution in [0.1, 0.15) is 42.3 Å². The summed E-state index contributed by atoms with van der Waals surface area (Å²) in [5, 5.41) is 2.67. The molecule has 0 aliphatic heterocycles. The van der Waals surface area contributed by atoms with Crippen molar-refractivity contribution in [1.29, 1.82) is 0 Å². The van der Waals surface area contributed by atoms with Crippen molar-refractivity contribution in [2.45, 2.75) is 39.5 Å². The molecule has 6 heteroatoms. The quantitative estimate of drug-likeness (QED) is 0.859.